The lowest BCUT2D eigenvalue weighted by Crippen LogP contribution is -2.43. The zero-order chi connectivity index (χ0) is 12.1. The lowest BCUT2D eigenvalue weighted by Gasteiger charge is -2.28. The van der Waals surface area contributed by atoms with Gasteiger partial charge < -0.3 is 15.5 Å². The summed E-state index contributed by atoms with van der Waals surface area (Å²) in [6.45, 7) is 4.47. The third-order valence-corrected chi connectivity index (χ3v) is 3.66. The summed E-state index contributed by atoms with van der Waals surface area (Å²) in [6, 6.07) is 0.532. The Morgan fingerprint density at radius 2 is 2.31 bits per heavy atom. The van der Waals surface area contributed by atoms with E-state index in [0.717, 1.165) is 19.5 Å². The van der Waals surface area contributed by atoms with Gasteiger partial charge in [0.1, 0.15) is 0 Å². The van der Waals surface area contributed by atoms with E-state index in [0.29, 0.717) is 12.6 Å². The van der Waals surface area contributed by atoms with Gasteiger partial charge in [-0.3, -0.25) is 4.79 Å². The zero-order valence-corrected chi connectivity index (χ0v) is 10.8. The number of rotatable bonds is 5. The van der Waals surface area contributed by atoms with E-state index >= 15 is 0 Å². The molecule has 0 spiro atoms. The van der Waals surface area contributed by atoms with Gasteiger partial charge in [0.05, 0.1) is 5.92 Å². The van der Waals surface area contributed by atoms with Crippen LogP contribution in [0, 0.1) is 5.92 Å². The van der Waals surface area contributed by atoms with Crippen molar-refractivity contribution in [2.75, 3.05) is 33.7 Å². The van der Waals surface area contributed by atoms with E-state index in [-0.39, 0.29) is 11.8 Å². The normalized spacial score (nSPS) is 23.4. The summed E-state index contributed by atoms with van der Waals surface area (Å²) in [5, 5.41) is 0. The third-order valence-electron chi connectivity index (χ3n) is 3.66. The highest BCUT2D eigenvalue weighted by Crippen LogP contribution is 2.16. The predicted molar refractivity (Wildman–Crippen MR) is 66.1 cm³/mol. The SMILES string of the molecule is CCC(CN)C(=O)N(C)CC1CCCN1C. The molecule has 1 saturated heterocycles. The predicted octanol–water partition coefficient (Wildman–Crippen LogP) is 0.524. The molecule has 4 heteroatoms. The standard InChI is InChI=1S/C12H25N3O/c1-4-10(8-13)12(16)15(3)9-11-6-5-7-14(11)2/h10-11H,4-9,13H2,1-3H3. The van der Waals surface area contributed by atoms with E-state index in [1.165, 1.54) is 12.8 Å². The molecular formula is C12H25N3O. The fourth-order valence-corrected chi connectivity index (χ4v) is 2.37. The molecule has 2 atom stereocenters. The minimum atomic E-state index is -0.00305. The summed E-state index contributed by atoms with van der Waals surface area (Å²) in [5.74, 6) is 0.196. The van der Waals surface area contributed by atoms with Gasteiger partial charge in [-0.2, -0.15) is 0 Å². The van der Waals surface area contributed by atoms with Crippen molar-refractivity contribution in [2.24, 2.45) is 11.7 Å². The minimum Gasteiger partial charge on any atom is -0.344 e. The van der Waals surface area contributed by atoms with Gasteiger partial charge in [0, 0.05) is 26.2 Å². The van der Waals surface area contributed by atoms with Gasteiger partial charge in [-0.15, -0.1) is 0 Å². The molecule has 4 nitrogen and oxygen atoms in total. The summed E-state index contributed by atoms with van der Waals surface area (Å²) < 4.78 is 0. The van der Waals surface area contributed by atoms with E-state index in [1.54, 1.807) is 0 Å². The smallest absolute Gasteiger partial charge is 0.226 e. The van der Waals surface area contributed by atoms with Crippen molar-refractivity contribution in [1.82, 2.24) is 9.80 Å². The molecule has 0 aromatic heterocycles. The molecule has 0 radical (unpaired) electrons. The van der Waals surface area contributed by atoms with Crippen LogP contribution in [0.4, 0.5) is 0 Å². The van der Waals surface area contributed by atoms with Crippen molar-refractivity contribution in [3.05, 3.63) is 0 Å². The first-order valence-corrected chi connectivity index (χ1v) is 6.25. The van der Waals surface area contributed by atoms with Gasteiger partial charge in [-0.1, -0.05) is 6.92 Å². The largest absolute Gasteiger partial charge is 0.344 e. The van der Waals surface area contributed by atoms with Crippen molar-refractivity contribution in [3.63, 3.8) is 0 Å². The lowest BCUT2D eigenvalue weighted by molar-refractivity contribution is -0.134. The van der Waals surface area contributed by atoms with Gasteiger partial charge >= 0.3 is 0 Å². The van der Waals surface area contributed by atoms with Gasteiger partial charge in [-0.25, -0.2) is 0 Å². The van der Waals surface area contributed by atoms with E-state index in [9.17, 15) is 4.79 Å². The summed E-state index contributed by atoms with van der Waals surface area (Å²) >= 11 is 0. The molecule has 0 aromatic carbocycles. The fraction of sp³-hybridized carbons (Fsp3) is 0.917. The zero-order valence-electron chi connectivity index (χ0n) is 10.8. The Morgan fingerprint density at radius 3 is 2.75 bits per heavy atom. The fourth-order valence-electron chi connectivity index (χ4n) is 2.37. The van der Waals surface area contributed by atoms with Crippen molar-refractivity contribution in [2.45, 2.75) is 32.2 Å². The number of likely N-dealkylation sites (tertiary alicyclic amines) is 1. The number of nitrogens with two attached hydrogens (primary N) is 1. The van der Waals surface area contributed by atoms with Crippen LogP contribution in [-0.2, 0) is 4.79 Å². The molecule has 1 aliphatic rings. The van der Waals surface area contributed by atoms with Crippen LogP contribution in [0.1, 0.15) is 26.2 Å². The topological polar surface area (TPSA) is 49.6 Å². The second-order valence-electron chi connectivity index (χ2n) is 4.84. The highest BCUT2D eigenvalue weighted by Gasteiger charge is 2.26. The average molecular weight is 227 g/mol. The Kier molecular flexibility index (Phi) is 5.22. The molecule has 16 heavy (non-hydrogen) atoms. The number of carbonyl (C=O) groups excluding carboxylic acids is 1. The summed E-state index contributed by atoms with van der Waals surface area (Å²) in [6.07, 6.45) is 3.28. The Bertz CT molecular complexity index is 228. The van der Waals surface area contributed by atoms with Crippen LogP contribution in [-0.4, -0.2) is 55.5 Å². The van der Waals surface area contributed by atoms with Gasteiger partial charge in [-0.05, 0) is 32.9 Å². The first-order chi connectivity index (χ1) is 7.60. The molecule has 0 aliphatic carbocycles. The molecule has 0 bridgehead atoms. The van der Waals surface area contributed by atoms with Crippen LogP contribution in [0.2, 0.25) is 0 Å². The summed E-state index contributed by atoms with van der Waals surface area (Å²) in [4.78, 5) is 16.2. The molecule has 2 unspecified atom stereocenters. The second kappa shape index (κ2) is 6.21. The monoisotopic (exact) mass is 227 g/mol. The van der Waals surface area contributed by atoms with Crippen LogP contribution in [0.15, 0.2) is 0 Å². The number of carbonyl (C=O) groups is 1. The number of nitrogens with zero attached hydrogens (tertiary/aromatic N) is 2. The van der Waals surface area contributed by atoms with Crippen LogP contribution in [0.3, 0.4) is 0 Å². The van der Waals surface area contributed by atoms with E-state index in [2.05, 4.69) is 11.9 Å². The molecule has 1 aliphatic heterocycles. The summed E-state index contributed by atoms with van der Waals surface area (Å²) in [7, 11) is 4.03. The van der Waals surface area contributed by atoms with Crippen molar-refractivity contribution in [3.8, 4) is 0 Å². The molecule has 0 aromatic rings. The maximum atomic E-state index is 12.0. The first-order valence-electron chi connectivity index (χ1n) is 6.25. The number of hydrogen-bond acceptors (Lipinski definition) is 3. The van der Waals surface area contributed by atoms with Gasteiger partial charge in [0.25, 0.3) is 0 Å². The van der Waals surface area contributed by atoms with Crippen molar-refractivity contribution in [1.29, 1.82) is 0 Å². The molecule has 1 amide bonds. The maximum Gasteiger partial charge on any atom is 0.226 e. The van der Waals surface area contributed by atoms with Gasteiger partial charge in [0.15, 0.2) is 0 Å². The molecule has 1 rings (SSSR count). The Balaban J connectivity index is 2.44. The third kappa shape index (κ3) is 3.19. The van der Waals surface area contributed by atoms with E-state index in [1.807, 2.05) is 18.9 Å². The van der Waals surface area contributed by atoms with Crippen molar-refractivity contribution >= 4 is 5.91 Å². The first kappa shape index (κ1) is 13.5. The van der Waals surface area contributed by atoms with Crippen molar-refractivity contribution < 1.29 is 4.79 Å². The van der Waals surface area contributed by atoms with Gasteiger partial charge in [0.2, 0.25) is 5.91 Å². The second-order valence-corrected chi connectivity index (χ2v) is 4.84. The number of likely N-dealkylation sites (N-methyl/N-ethyl adjacent to an activating group) is 2. The Labute approximate surface area is 98.8 Å². The minimum absolute atomic E-state index is 0.00305. The molecule has 1 fully saturated rings. The Hall–Kier alpha value is -0.610. The molecular weight excluding hydrogens is 202 g/mol. The maximum absolute atomic E-state index is 12.0. The van der Waals surface area contributed by atoms with Crippen LogP contribution in [0.5, 0.6) is 0 Å². The number of amides is 1. The van der Waals surface area contributed by atoms with Crippen LogP contribution < -0.4 is 5.73 Å². The van der Waals surface area contributed by atoms with E-state index < -0.39 is 0 Å². The Morgan fingerprint density at radius 1 is 1.62 bits per heavy atom. The van der Waals surface area contributed by atoms with E-state index in [4.69, 9.17) is 5.73 Å². The number of hydrogen-bond donors (Lipinski definition) is 1. The summed E-state index contributed by atoms with van der Waals surface area (Å²) in [5.41, 5.74) is 5.60. The highest BCUT2D eigenvalue weighted by atomic mass is 16.2. The molecule has 94 valence electrons. The quantitative estimate of drug-likeness (QED) is 0.745. The molecule has 2 N–H and O–H groups in total. The molecule has 1 heterocycles. The lowest BCUT2D eigenvalue weighted by atomic mass is 10.1. The van der Waals surface area contributed by atoms with Crippen LogP contribution >= 0.6 is 0 Å². The average Bonchev–Trinajstić information content (AvgIpc) is 2.66. The van der Waals surface area contributed by atoms with Crippen LogP contribution in [0.25, 0.3) is 0 Å². The highest BCUT2D eigenvalue weighted by molar-refractivity contribution is 5.78. The molecule has 0 saturated carbocycles.